The first kappa shape index (κ1) is 23.5. The first-order chi connectivity index (χ1) is 15.2. The number of benzene rings is 2. The highest BCUT2D eigenvalue weighted by molar-refractivity contribution is 9.10. The van der Waals surface area contributed by atoms with Crippen LogP contribution in [0.5, 0.6) is 0 Å². The Morgan fingerprint density at radius 1 is 1.12 bits per heavy atom. The largest absolute Gasteiger partial charge is 0.464 e. The molecule has 0 aliphatic heterocycles. The summed E-state index contributed by atoms with van der Waals surface area (Å²) in [6.07, 6.45) is 0. The molecule has 0 saturated heterocycles. The van der Waals surface area contributed by atoms with E-state index in [-0.39, 0.29) is 11.6 Å². The number of anilines is 3. The van der Waals surface area contributed by atoms with Gasteiger partial charge in [0.2, 0.25) is 0 Å². The molecule has 0 aliphatic carbocycles. The van der Waals surface area contributed by atoms with E-state index in [4.69, 9.17) is 10.1 Å². The highest BCUT2D eigenvalue weighted by Crippen LogP contribution is 2.34. The topological polar surface area (TPSA) is 78.3 Å². The van der Waals surface area contributed by atoms with Crippen molar-refractivity contribution in [3.8, 4) is 11.1 Å². The van der Waals surface area contributed by atoms with E-state index in [1.165, 1.54) is 7.11 Å². The fourth-order valence-electron chi connectivity index (χ4n) is 3.26. The molecule has 3 rings (SSSR count). The smallest absolute Gasteiger partial charge is 0.356 e. The molecule has 0 spiro atoms. The zero-order valence-electron chi connectivity index (χ0n) is 18.9. The summed E-state index contributed by atoms with van der Waals surface area (Å²) in [7, 11) is 5.28. The van der Waals surface area contributed by atoms with Crippen LogP contribution in [-0.2, 0) is 4.74 Å². The molecule has 0 bridgehead atoms. The van der Waals surface area contributed by atoms with E-state index in [0.29, 0.717) is 17.1 Å². The normalized spacial score (nSPS) is 10.7. The fraction of sp³-hybridized carbons (Fsp3) is 0.240. The van der Waals surface area contributed by atoms with Crippen molar-refractivity contribution in [2.24, 2.45) is 5.92 Å². The Bertz CT molecular complexity index is 1140. The third-order valence-corrected chi connectivity index (χ3v) is 5.57. The maximum atomic E-state index is 12.4. The van der Waals surface area contributed by atoms with Crippen LogP contribution in [0.25, 0.3) is 11.1 Å². The Kier molecular flexibility index (Phi) is 7.30. The molecule has 7 heteroatoms. The van der Waals surface area contributed by atoms with Crippen molar-refractivity contribution in [1.82, 2.24) is 4.98 Å². The Morgan fingerprint density at radius 3 is 2.41 bits per heavy atom. The SMILES string of the molecule is COC(=O)c1cc(-c2ccc(Br)cc2)c(C(=N)C(C)C)c(Nc2cccc(N(C)C)c2)n1. The summed E-state index contributed by atoms with van der Waals surface area (Å²) in [5.74, 6) is -0.125. The summed E-state index contributed by atoms with van der Waals surface area (Å²) in [6.45, 7) is 3.94. The molecule has 2 N–H and O–H groups in total. The lowest BCUT2D eigenvalue weighted by atomic mass is 9.91. The number of methoxy groups -OCH3 is 1. The van der Waals surface area contributed by atoms with E-state index in [2.05, 4.69) is 26.2 Å². The number of pyridine rings is 1. The summed E-state index contributed by atoms with van der Waals surface area (Å²) in [4.78, 5) is 19.0. The van der Waals surface area contributed by atoms with Crippen LogP contribution >= 0.6 is 15.9 Å². The van der Waals surface area contributed by atoms with Crippen molar-refractivity contribution in [3.63, 3.8) is 0 Å². The molecule has 166 valence electrons. The van der Waals surface area contributed by atoms with Gasteiger partial charge in [-0.25, -0.2) is 9.78 Å². The molecule has 3 aromatic rings. The van der Waals surface area contributed by atoms with Crippen LogP contribution in [0.1, 0.15) is 29.9 Å². The first-order valence-electron chi connectivity index (χ1n) is 10.2. The maximum absolute atomic E-state index is 12.4. The van der Waals surface area contributed by atoms with E-state index < -0.39 is 5.97 Å². The molecule has 0 fully saturated rings. The van der Waals surface area contributed by atoms with Crippen LogP contribution < -0.4 is 10.2 Å². The third kappa shape index (κ3) is 5.16. The van der Waals surface area contributed by atoms with Crippen molar-refractivity contribution in [2.45, 2.75) is 13.8 Å². The number of aromatic nitrogens is 1. The number of nitrogens with one attached hydrogen (secondary N) is 2. The van der Waals surface area contributed by atoms with E-state index in [1.54, 1.807) is 6.07 Å². The monoisotopic (exact) mass is 494 g/mol. The van der Waals surface area contributed by atoms with Gasteiger partial charge in [0.15, 0.2) is 5.69 Å². The van der Waals surface area contributed by atoms with Crippen molar-refractivity contribution < 1.29 is 9.53 Å². The predicted molar refractivity (Wildman–Crippen MR) is 134 cm³/mol. The summed E-state index contributed by atoms with van der Waals surface area (Å²) in [6, 6.07) is 17.4. The van der Waals surface area contributed by atoms with Gasteiger partial charge in [-0.2, -0.15) is 0 Å². The molecule has 0 radical (unpaired) electrons. The minimum Gasteiger partial charge on any atom is -0.464 e. The van der Waals surface area contributed by atoms with E-state index in [0.717, 1.165) is 27.0 Å². The van der Waals surface area contributed by atoms with Crippen LogP contribution in [0.15, 0.2) is 59.1 Å². The zero-order chi connectivity index (χ0) is 23.4. The Balaban J connectivity index is 2.26. The molecular formula is C25H27BrN4O2. The van der Waals surface area contributed by atoms with E-state index in [9.17, 15) is 4.79 Å². The molecule has 1 heterocycles. The molecule has 0 aliphatic rings. The molecule has 1 aromatic heterocycles. The standard InChI is InChI=1S/C25H27BrN4O2/c1-15(2)23(27)22-20(16-9-11-17(26)12-10-16)14-21(25(31)32-5)29-24(22)28-18-7-6-8-19(13-18)30(3)4/h6-15,27H,1-5H3,(H,28,29). The number of rotatable bonds is 7. The second-order valence-electron chi connectivity index (χ2n) is 7.92. The molecule has 0 saturated carbocycles. The lowest BCUT2D eigenvalue weighted by Crippen LogP contribution is -2.16. The van der Waals surface area contributed by atoms with Gasteiger partial charge in [0.05, 0.1) is 7.11 Å². The van der Waals surface area contributed by atoms with Crippen molar-refractivity contribution in [1.29, 1.82) is 5.41 Å². The van der Waals surface area contributed by atoms with E-state index in [1.807, 2.05) is 81.4 Å². The lowest BCUT2D eigenvalue weighted by molar-refractivity contribution is 0.0594. The minimum atomic E-state index is -0.531. The van der Waals surface area contributed by atoms with Crippen LogP contribution in [0, 0.1) is 11.3 Å². The number of halogens is 1. The number of carbonyl (C=O) groups excluding carboxylic acids is 1. The van der Waals surface area contributed by atoms with Gasteiger partial charge in [-0.05, 0) is 53.4 Å². The number of hydrogen-bond donors (Lipinski definition) is 2. The average molecular weight is 495 g/mol. The number of ether oxygens (including phenoxy) is 1. The van der Waals surface area contributed by atoms with E-state index >= 15 is 0 Å². The fourth-order valence-corrected chi connectivity index (χ4v) is 3.53. The molecule has 0 unspecified atom stereocenters. The van der Waals surface area contributed by atoms with Gasteiger partial charge in [0.25, 0.3) is 0 Å². The van der Waals surface area contributed by atoms with Gasteiger partial charge in [0, 0.05) is 41.2 Å². The summed E-state index contributed by atoms with van der Waals surface area (Å²) < 4.78 is 5.90. The lowest BCUT2D eigenvalue weighted by Gasteiger charge is -2.20. The van der Waals surface area contributed by atoms with Gasteiger partial charge in [-0.1, -0.05) is 48.0 Å². The summed E-state index contributed by atoms with van der Waals surface area (Å²) in [5, 5.41) is 12.2. The Labute approximate surface area is 197 Å². The average Bonchev–Trinajstić information content (AvgIpc) is 2.78. The molecular weight excluding hydrogens is 468 g/mol. The van der Waals surface area contributed by atoms with Crippen LogP contribution in [0.4, 0.5) is 17.2 Å². The highest BCUT2D eigenvalue weighted by Gasteiger charge is 2.23. The van der Waals surface area contributed by atoms with Gasteiger partial charge in [-0.3, -0.25) is 0 Å². The minimum absolute atomic E-state index is 0.0383. The van der Waals surface area contributed by atoms with Gasteiger partial charge >= 0.3 is 5.97 Å². The summed E-state index contributed by atoms with van der Waals surface area (Å²) in [5.41, 5.74) is 4.72. The number of nitrogens with zero attached hydrogens (tertiary/aromatic N) is 2. The Morgan fingerprint density at radius 2 is 1.81 bits per heavy atom. The maximum Gasteiger partial charge on any atom is 0.356 e. The molecule has 2 aromatic carbocycles. The van der Waals surface area contributed by atoms with Crippen molar-refractivity contribution >= 4 is 44.8 Å². The van der Waals surface area contributed by atoms with Crippen molar-refractivity contribution in [2.75, 3.05) is 31.4 Å². The predicted octanol–water partition coefficient (Wildman–Crippen LogP) is 6.13. The van der Waals surface area contributed by atoms with Crippen molar-refractivity contribution in [3.05, 3.63) is 70.3 Å². The number of carbonyl (C=O) groups is 1. The van der Waals surface area contributed by atoms with Gasteiger partial charge in [-0.15, -0.1) is 0 Å². The number of hydrogen-bond acceptors (Lipinski definition) is 6. The summed E-state index contributed by atoms with van der Waals surface area (Å²) >= 11 is 3.47. The Hall–Kier alpha value is -3.19. The molecule has 0 amide bonds. The van der Waals surface area contributed by atoms with Crippen LogP contribution in [0.3, 0.4) is 0 Å². The highest BCUT2D eigenvalue weighted by atomic mass is 79.9. The third-order valence-electron chi connectivity index (χ3n) is 5.04. The number of esters is 1. The van der Waals surface area contributed by atoms with Gasteiger partial charge in [0.1, 0.15) is 5.82 Å². The quantitative estimate of drug-likeness (QED) is 0.305. The molecule has 0 atom stereocenters. The zero-order valence-corrected chi connectivity index (χ0v) is 20.4. The molecule has 32 heavy (non-hydrogen) atoms. The second kappa shape index (κ2) is 9.96. The first-order valence-corrected chi connectivity index (χ1v) is 11.0. The van der Waals surface area contributed by atoms with Crippen LogP contribution in [0.2, 0.25) is 0 Å². The second-order valence-corrected chi connectivity index (χ2v) is 8.83. The van der Waals surface area contributed by atoms with Gasteiger partial charge < -0.3 is 20.4 Å². The molecule has 6 nitrogen and oxygen atoms in total. The van der Waals surface area contributed by atoms with Crippen LogP contribution in [-0.4, -0.2) is 37.9 Å².